The zero-order valence-electron chi connectivity index (χ0n) is 15.1. The molecular formula is C22H23N3O. The molecule has 132 valence electrons. The Hall–Kier alpha value is -3.01. The first kappa shape index (κ1) is 17.8. The van der Waals surface area contributed by atoms with Crippen LogP contribution in [-0.2, 0) is 11.2 Å². The second-order valence-corrected chi connectivity index (χ2v) is 6.48. The maximum atomic E-state index is 12.8. The highest BCUT2D eigenvalue weighted by Gasteiger charge is 2.22. The molecule has 0 unspecified atom stereocenters. The van der Waals surface area contributed by atoms with Crippen molar-refractivity contribution in [1.29, 1.82) is 0 Å². The Morgan fingerprint density at radius 3 is 2.12 bits per heavy atom. The first-order valence-electron chi connectivity index (χ1n) is 8.81. The Morgan fingerprint density at radius 1 is 0.923 bits per heavy atom. The van der Waals surface area contributed by atoms with E-state index in [1.165, 1.54) is 5.56 Å². The Balaban J connectivity index is 1.79. The Kier molecular flexibility index (Phi) is 5.74. The van der Waals surface area contributed by atoms with Crippen LogP contribution in [0.25, 0.3) is 0 Å². The topological polar surface area (TPSA) is 54.9 Å². The van der Waals surface area contributed by atoms with Gasteiger partial charge in [-0.05, 0) is 50.1 Å². The number of hydrogen-bond acceptors (Lipinski definition) is 3. The van der Waals surface area contributed by atoms with Gasteiger partial charge in [0.2, 0.25) is 5.91 Å². The van der Waals surface area contributed by atoms with Crippen LogP contribution in [0.2, 0.25) is 0 Å². The second kappa shape index (κ2) is 8.39. The highest BCUT2D eigenvalue weighted by molar-refractivity contribution is 5.83. The van der Waals surface area contributed by atoms with Crippen molar-refractivity contribution in [1.82, 2.24) is 15.3 Å². The van der Waals surface area contributed by atoms with Gasteiger partial charge in [0.1, 0.15) is 0 Å². The molecule has 1 N–H and O–H groups in total. The van der Waals surface area contributed by atoms with Gasteiger partial charge in [0.25, 0.3) is 0 Å². The van der Waals surface area contributed by atoms with Crippen LogP contribution in [0.5, 0.6) is 0 Å². The Labute approximate surface area is 154 Å². The summed E-state index contributed by atoms with van der Waals surface area (Å²) in [6.07, 6.45) is 4.16. The van der Waals surface area contributed by atoms with Gasteiger partial charge in [0, 0.05) is 12.4 Å². The molecule has 2 aromatic heterocycles. The van der Waals surface area contributed by atoms with Crippen molar-refractivity contribution in [2.24, 2.45) is 0 Å². The van der Waals surface area contributed by atoms with E-state index in [0.717, 1.165) is 17.0 Å². The predicted octanol–water partition coefficient (Wildman–Crippen LogP) is 3.99. The van der Waals surface area contributed by atoms with Gasteiger partial charge in [-0.15, -0.1) is 0 Å². The third kappa shape index (κ3) is 4.54. The zero-order chi connectivity index (χ0) is 18.4. The zero-order valence-corrected chi connectivity index (χ0v) is 15.1. The normalized spacial score (nSPS) is 13.0. The lowest BCUT2D eigenvalue weighted by atomic mass is 10.00. The lowest BCUT2D eigenvalue weighted by Gasteiger charge is -2.21. The van der Waals surface area contributed by atoms with Gasteiger partial charge in [0.15, 0.2) is 0 Å². The third-order valence-corrected chi connectivity index (χ3v) is 4.45. The van der Waals surface area contributed by atoms with Crippen LogP contribution < -0.4 is 5.32 Å². The van der Waals surface area contributed by atoms with Crippen molar-refractivity contribution in [3.05, 3.63) is 95.6 Å². The fraction of sp³-hybridized carbons (Fsp3) is 0.227. The minimum absolute atomic E-state index is 0.0496. The van der Waals surface area contributed by atoms with Crippen molar-refractivity contribution in [3.8, 4) is 0 Å². The van der Waals surface area contributed by atoms with Crippen molar-refractivity contribution in [2.75, 3.05) is 0 Å². The molecule has 0 fully saturated rings. The molecule has 0 bridgehead atoms. The summed E-state index contributed by atoms with van der Waals surface area (Å²) in [5, 5.41) is 3.15. The fourth-order valence-electron chi connectivity index (χ4n) is 2.83. The number of nitrogens with one attached hydrogen (secondary N) is 1. The number of carbonyl (C=O) groups is 1. The number of hydrogen-bond donors (Lipinski definition) is 1. The third-order valence-electron chi connectivity index (χ3n) is 4.45. The monoisotopic (exact) mass is 345 g/mol. The number of pyridine rings is 2. The van der Waals surface area contributed by atoms with Crippen LogP contribution in [0.4, 0.5) is 0 Å². The number of benzene rings is 1. The molecular weight excluding hydrogens is 322 g/mol. The van der Waals surface area contributed by atoms with Crippen molar-refractivity contribution < 1.29 is 4.79 Å². The summed E-state index contributed by atoms with van der Waals surface area (Å²) < 4.78 is 0. The van der Waals surface area contributed by atoms with E-state index in [0.29, 0.717) is 6.42 Å². The molecule has 26 heavy (non-hydrogen) atoms. The van der Waals surface area contributed by atoms with Crippen molar-refractivity contribution in [3.63, 3.8) is 0 Å². The summed E-state index contributed by atoms with van der Waals surface area (Å²) in [5.74, 6) is -0.369. The summed E-state index contributed by atoms with van der Waals surface area (Å²) in [4.78, 5) is 21.5. The van der Waals surface area contributed by atoms with Gasteiger partial charge in [-0.2, -0.15) is 0 Å². The van der Waals surface area contributed by atoms with E-state index >= 15 is 0 Å². The number of amides is 1. The van der Waals surface area contributed by atoms with Crippen molar-refractivity contribution >= 4 is 5.91 Å². The summed E-state index contributed by atoms with van der Waals surface area (Å²) in [6.45, 7) is 3.94. The first-order valence-corrected chi connectivity index (χ1v) is 8.81. The smallest absolute Gasteiger partial charge is 0.229 e. The first-order chi connectivity index (χ1) is 12.6. The lowest BCUT2D eigenvalue weighted by molar-refractivity contribution is -0.123. The van der Waals surface area contributed by atoms with Crippen LogP contribution in [0, 0.1) is 6.92 Å². The van der Waals surface area contributed by atoms with E-state index in [-0.39, 0.29) is 17.9 Å². The number of rotatable bonds is 6. The average Bonchev–Trinajstić information content (AvgIpc) is 2.70. The molecule has 0 radical (unpaired) electrons. The molecule has 0 aliphatic rings. The molecule has 1 amide bonds. The SMILES string of the molecule is Cc1ccc(C[C@H](NC(=O)[C@@H](C)c2ccccn2)c2ccccn2)cc1. The molecule has 0 spiro atoms. The molecule has 4 heteroatoms. The molecule has 2 atom stereocenters. The van der Waals surface area contributed by atoms with Gasteiger partial charge in [-0.25, -0.2) is 0 Å². The van der Waals surface area contributed by atoms with Gasteiger partial charge in [0.05, 0.1) is 23.3 Å². The average molecular weight is 345 g/mol. The Bertz CT molecular complexity index is 832. The maximum absolute atomic E-state index is 12.8. The second-order valence-electron chi connectivity index (χ2n) is 6.48. The van der Waals surface area contributed by atoms with Gasteiger partial charge >= 0.3 is 0 Å². The van der Waals surface area contributed by atoms with Crippen LogP contribution >= 0.6 is 0 Å². The van der Waals surface area contributed by atoms with E-state index < -0.39 is 0 Å². The molecule has 0 saturated carbocycles. The summed E-state index contributed by atoms with van der Waals surface area (Å²) >= 11 is 0. The highest BCUT2D eigenvalue weighted by Crippen LogP contribution is 2.20. The van der Waals surface area contributed by atoms with Gasteiger partial charge in [-0.1, -0.05) is 42.0 Å². The molecule has 2 heterocycles. The molecule has 0 aliphatic heterocycles. The summed E-state index contributed by atoms with van der Waals surface area (Å²) in [5.41, 5.74) is 4.00. The molecule has 3 rings (SSSR count). The minimum atomic E-state index is -0.319. The van der Waals surface area contributed by atoms with Crippen LogP contribution in [0.15, 0.2) is 73.1 Å². The van der Waals surface area contributed by atoms with E-state index in [2.05, 4.69) is 46.5 Å². The number of aryl methyl sites for hydroxylation is 1. The minimum Gasteiger partial charge on any atom is -0.347 e. The van der Waals surface area contributed by atoms with Crippen molar-refractivity contribution in [2.45, 2.75) is 32.2 Å². The molecule has 3 aromatic rings. The fourth-order valence-corrected chi connectivity index (χ4v) is 2.83. The Morgan fingerprint density at radius 2 is 1.54 bits per heavy atom. The summed E-state index contributed by atoms with van der Waals surface area (Å²) in [6, 6.07) is 19.6. The number of carbonyl (C=O) groups excluding carboxylic acids is 1. The summed E-state index contributed by atoms with van der Waals surface area (Å²) in [7, 11) is 0. The quantitative estimate of drug-likeness (QED) is 0.735. The number of nitrogens with zero attached hydrogens (tertiary/aromatic N) is 2. The van der Waals surface area contributed by atoms with E-state index in [1.54, 1.807) is 12.4 Å². The highest BCUT2D eigenvalue weighted by atomic mass is 16.1. The van der Waals surface area contributed by atoms with E-state index in [9.17, 15) is 4.79 Å². The predicted molar refractivity (Wildman–Crippen MR) is 103 cm³/mol. The molecule has 0 saturated heterocycles. The van der Waals surface area contributed by atoms with E-state index in [4.69, 9.17) is 0 Å². The molecule has 1 aromatic carbocycles. The van der Waals surface area contributed by atoms with Gasteiger partial charge in [-0.3, -0.25) is 14.8 Å². The standard InChI is InChI=1S/C22H23N3O/c1-16-9-11-18(12-10-16)15-21(20-8-4-6-14-24-20)25-22(26)17(2)19-7-3-5-13-23-19/h3-14,17,21H,15H2,1-2H3,(H,25,26)/t17-,21-/m0/s1. The van der Waals surface area contributed by atoms with Gasteiger partial charge < -0.3 is 5.32 Å². The molecule has 0 aliphatic carbocycles. The molecule has 4 nitrogen and oxygen atoms in total. The largest absolute Gasteiger partial charge is 0.347 e. The maximum Gasteiger partial charge on any atom is 0.229 e. The lowest BCUT2D eigenvalue weighted by Crippen LogP contribution is -2.33. The van der Waals surface area contributed by atoms with Crippen LogP contribution in [-0.4, -0.2) is 15.9 Å². The van der Waals surface area contributed by atoms with Crippen LogP contribution in [0.1, 0.15) is 41.4 Å². The number of aromatic nitrogens is 2. The van der Waals surface area contributed by atoms with E-state index in [1.807, 2.05) is 43.3 Å². The van der Waals surface area contributed by atoms with Crippen LogP contribution in [0.3, 0.4) is 0 Å².